The molecule has 0 aliphatic carbocycles. The molecule has 4 nitrogen and oxygen atoms in total. The van der Waals surface area contributed by atoms with Gasteiger partial charge in [0.15, 0.2) is 0 Å². The van der Waals surface area contributed by atoms with Crippen LogP contribution in [0.15, 0.2) is 36.4 Å². The number of carbonyl (C=O) groups excluding carboxylic acids is 2. The topological polar surface area (TPSA) is 49.4 Å². The number of carbonyl (C=O) groups is 2. The molecule has 1 heterocycles. The van der Waals surface area contributed by atoms with Gasteiger partial charge in [-0.2, -0.15) is 0 Å². The van der Waals surface area contributed by atoms with E-state index in [2.05, 4.69) is 5.32 Å². The molecule has 1 aliphatic heterocycles. The Labute approximate surface area is 144 Å². The van der Waals surface area contributed by atoms with Gasteiger partial charge in [-0.1, -0.05) is 35.3 Å². The highest BCUT2D eigenvalue weighted by Gasteiger charge is 2.23. The Hall–Kier alpha value is -2.04. The van der Waals surface area contributed by atoms with Gasteiger partial charge in [0.2, 0.25) is 5.91 Å². The molecule has 23 heavy (non-hydrogen) atoms. The minimum Gasteiger partial charge on any atom is -0.348 e. The number of nitrogens with one attached hydrogen (secondary N) is 1. The van der Waals surface area contributed by atoms with E-state index in [0.717, 1.165) is 16.8 Å². The molecule has 1 aliphatic rings. The van der Waals surface area contributed by atoms with Crippen molar-refractivity contribution >= 4 is 40.7 Å². The van der Waals surface area contributed by atoms with Gasteiger partial charge in [0.1, 0.15) is 0 Å². The van der Waals surface area contributed by atoms with Crippen molar-refractivity contribution in [2.75, 3.05) is 11.9 Å². The standard InChI is InChI=1S/C17H14Cl2N2O2/c1-21-15-5-2-10(6-11(15)7-16(21)22)9-20-17(23)13-4-3-12(18)8-14(13)19/h2-6,8H,7,9H2,1H3,(H,20,23). The van der Waals surface area contributed by atoms with Crippen LogP contribution in [0, 0.1) is 0 Å². The van der Waals surface area contributed by atoms with Crippen LogP contribution >= 0.6 is 23.2 Å². The van der Waals surface area contributed by atoms with Gasteiger partial charge < -0.3 is 10.2 Å². The number of halogens is 2. The lowest BCUT2D eigenvalue weighted by molar-refractivity contribution is -0.117. The molecular weight excluding hydrogens is 335 g/mol. The minimum atomic E-state index is -0.264. The molecule has 0 saturated heterocycles. The summed E-state index contributed by atoms with van der Waals surface area (Å²) >= 11 is 11.9. The third-order valence-corrected chi connectivity index (χ3v) is 4.40. The smallest absolute Gasteiger partial charge is 0.253 e. The van der Waals surface area contributed by atoms with Gasteiger partial charge in [0.25, 0.3) is 5.91 Å². The van der Waals surface area contributed by atoms with Crippen LogP contribution in [0.4, 0.5) is 5.69 Å². The first-order chi connectivity index (χ1) is 11.0. The van der Waals surface area contributed by atoms with Crippen molar-refractivity contribution in [1.29, 1.82) is 0 Å². The largest absolute Gasteiger partial charge is 0.348 e. The van der Waals surface area contributed by atoms with Gasteiger partial charge >= 0.3 is 0 Å². The zero-order valence-corrected chi connectivity index (χ0v) is 13.9. The Morgan fingerprint density at radius 1 is 1.22 bits per heavy atom. The zero-order valence-electron chi connectivity index (χ0n) is 12.4. The highest BCUT2D eigenvalue weighted by molar-refractivity contribution is 6.36. The molecule has 0 bridgehead atoms. The molecule has 0 atom stereocenters. The summed E-state index contributed by atoms with van der Waals surface area (Å²) in [6.07, 6.45) is 0.399. The molecule has 6 heteroatoms. The van der Waals surface area contributed by atoms with Gasteiger partial charge in [-0.25, -0.2) is 0 Å². The lowest BCUT2D eigenvalue weighted by Gasteiger charge is -2.11. The number of fused-ring (bicyclic) bond motifs is 1. The van der Waals surface area contributed by atoms with E-state index in [4.69, 9.17) is 23.2 Å². The van der Waals surface area contributed by atoms with Gasteiger partial charge in [-0.05, 0) is 35.4 Å². The second-order valence-electron chi connectivity index (χ2n) is 5.40. The van der Waals surface area contributed by atoms with Crippen molar-refractivity contribution in [3.63, 3.8) is 0 Å². The lowest BCUT2D eigenvalue weighted by atomic mass is 10.1. The highest BCUT2D eigenvalue weighted by Crippen LogP contribution is 2.28. The van der Waals surface area contributed by atoms with Crippen molar-refractivity contribution in [1.82, 2.24) is 5.32 Å². The quantitative estimate of drug-likeness (QED) is 0.923. The number of hydrogen-bond donors (Lipinski definition) is 1. The number of benzene rings is 2. The fraction of sp³-hybridized carbons (Fsp3) is 0.176. The molecule has 0 unspecified atom stereocenters. The molecule has 2 aromatic rings. The number of rotatable bonds is 3. The van der Waals surface area contributed by atoms with Gasteiger partial charge in [-0.15, -0.1) is 0 Å². The Morgan fingerprint density at radius 2 is 2.00 bits per heavy atom. The second kappa shape index (κ2) is 6.22. The Bertz CT molecular complexity index is 805. The van der Waals surface area contributed by atoms with Crippen molar-refractivity contribution < 1.29 is 9.59 Å². The van der Waals surface area contributed by atoms with E-state index in [1.54, 1.807) is 24.1 Å². The predicted molar refractivity (Wildman–Crippen MR) is 91.2 cm³/mol. The minimum absolute atomic E-state index is 0.0779. The van der Waals surface area contributed by atoms with E-state index in [-0.39, 0.29) is 11.8 Å². The number of amides is 2. The lowest BCUT2D eigenvalue weighted by Crippen LogP contribution is -2.23. The van der Waals surface area contributed by atoms with Gasteiger partial charge in [0, 0.05) is 24.3 Å². The number of nitrogens with zero attached hydrogens (tertiary/aromatic N) is 1. The molecule has 0 fully saturated rings. The first kappa shape index (κ1) is 15.8. The van der Waals surface area contributed by atoms with Crippen molar-refractivity contribution in [2.24, 2.45) is 0 Å². The summed E-state index contributed by atoms with van der Waals surface area (Å²) in [6, 6.07) is 10.5. The molecule has 0 radical (unpaired) electrons. The molecule has 3 rings (SSSR count). The van der Waals surface area contributed by atoms with E-state index >= 15 is 0 Å². The maximum Gasteiger partial charge on any atom is 0.253 e. The predicted octanol–water partition coefficient (Wildman–Crippen LogP) is 3.44. The fourth-order valence-corrected chi connectivity index (χ4v) is 3.08. The van der Waals surface area contributed by atoms with Gasteiger partial charge in [-0.3, -0.25) is 9.59 Å². The molecule has 118 valence electrons. The molecular formula is C17H14Cl2N2O2. The maximum absolute atomic E-state index is 12.2. The molecule has 0 spiro atoms. The van der Waals surface area contributed by atoms with E-state index in [1.165, 1.54) is 6.07 Å². The van der Waals surface area contributed by atoms with Crippen LogP contribution in [0.1, 0.15) is 21.5 Å². The molecule has 0 saturated carbocycles. The van der Waals surface area contributed by atoms with Crippen LogP contribution < -0.4 is 10.2 Å². The van der Waals surface area contributed by atoms with Crippen LogP contribution in [0.2, 0.25) is 10.0 Å². The van der Waals surface area contributed by atoms with Crippen LogP contribution in [0.3, 0.4) is 0 Å². The van der Waals surface area contributed by atoms with E-state index < -0.39 is 0 Å². The molecule has 2 amide bonds. The fourth-order valence-electron chi connectivity index (χ4n) is 2.58. The monoisotopic (exact) mass is 348 g/mol. The van der Waals surface area contributed by atoms with Crippen molar-refractivity contribution in [3.8, 4) is 0 Å². The summed E-state index contributed by atoms with van der Waals surface area (Å²) in [4.78, 5) is 25.5. The second-order valence-corrected chi connectivity index (χ2v) is 6.24. The Kier molecular flexibility index (Phi) is 4.28. The summed E-state index contributed by atoms with van der Waals surface area (Å²) in [6.45, 7) is 0.364. The van der Waals surface area contributed by atoms with Crippen molar-refractivity contribution in [2.45, 2.75) is 13.0 Å². The van der Waals surface area contributed by atoms with Crippen LogP contribution in [0.5, 0.6) is 0 Å². The highest BCUT2D eigenvalue weighted by atomic mass is 35.5. The number of likely N-dealkylation sites (N-methyl/N-ethyl adjacent to an activating group) is 1. The Morgan fingerprint density at radius 3 is 2.74 bits per heavy atom. The SMILES string of the molecule is CN1C(=O)Cc2cc(CNC(=O)c3ccc(Cl)cc3Cl)ccc21. The van der Waals surface area contributed by atoms with Crippen LogP contribution in [0.25, 0.3) is 0 Å². The first-order valence-corrected chi connectivity index (χ1v) is 7.83. The number of hydrogen-bond acceptors (Lipinski definition) is 2. The molecule has 2 aromatic carbocycles. The van der Waals surface area contributed by atoms with E-state index in [1.807, 2.05) is 18.2 Å². The van der Waals surface area contributed by atoms with Crippen LogP contribution in [-0.2, 0) is 17.8 Å². The summed E-state index contributed by atoms with van der Waals surface area (Å²) in [5.41, 5.74) is 3.22. The molecule has 0 aromatic heterocycles. The average Bonchev–Trinajstić information content (AvgIpc) is 2.79. The summed E-state index contributed by atoms with van der Waals surface area (Å²) in [7, 11) is 1.76. The zero-order chi connectivity index (χ0) is 16.6. The normalized spacial score (nSPS) is 13.2. The third kappa shape index (κ3) is 3.19. The number of anilines is 1. The van der Waals surface area contributed by atoms with E-state index in [0.29, 0.717) is 28.6 Å². The molecule has 1 N–H and O–H groups in total. The van der Waals surface area contributed by atoms with E-state index in [9.17, 15) is 9.59 Å². The summed E-state index contributed by atoms with van der Waals surface area (Å²) in [5, 5.41) is 3.63. The third-order valence-electron chi connectivity index (χ3n) is 3.85. The maximum atomic E-state index is 12.2. The average molecular weight is 349 g/mol. The summed E-state index contributed by atoms with van der Waals surface area (Å²) < 4.78 is 0. The van der Waals surface area contributed by atoms with Gasteiger partial charge in [0.05, 0.1) is 17.0 Å². The van der Waals surface area contributed by atoms with Crippen molar-refractivity contribution in [3.05, 3.63) is 63.1 Å². The first-order valence-electron chi connectivity index (χ1n) is 7.07. The van der Waals surface area contributed by atoms with Crippen LogP contribution in [-0.4, -0.2) is 18.9 Å². The Balaban J connectivity index is 1.70. The summed E-state index contributed by atoms with van der Waals surface area (Å²) in [5.74, 6) is -0.186.